The minimum atomic E-state index is 0.760. The van der Waals surface area contributed by atoms with Crippen LogP contribution in [0.2, 0.25) is 0 Å². The van der Waals surface area contributed by atoms with Gasteiger partial charge in [-0.3, -0.25) is 4.99 Å². The normalized spacial score (nSPS) is 12.2. The fourth-order valence-corrected chi connectivity index (χ4v) is 1.36. The summed E-state index contributed by atoms with van der Waals surface area (Å²) < 4.78 is 0. The van der Waals surface area contributed by atoms with E-state index < -0.39 is 0 Å². The molecule has 1 rings (SSSR count). The summed E-state index contributed by atoms with van der Waals surface area (Å²) in [5.74, 6) is 5.09. The highest BCUT2D eigenvalue weighted by molar-refractivity contribution is 6.29. The van der Waals surface area contributed by atoms with Crippen molar-refractivity contribution in [1.29, 1.82) is 0 Å². The molecular formula is C13H19N3. The zero-order chi connectivity index (χ0) is 11.8. The summed E-state index contributed by atoms with van der Waals surface area (Å²) >= 11 is 0. The van der Waals surface area contributed by atoms with Gasteiger partial charge in [0.1, 0.15) is 0 Å². The highest BCUT2D eigenvalue weighted by Crippen LogP contribution is 2.05. The highest BCUT2D eigenvalue weighted by Gasteiger charge is 1.92. The molecule has 16 heavy (non-hydrogen) atoms. The first-order chi connectivity index (χ1) is 7.72. The monoisotopic (exact) mass is 217 g/mol. The van der Waals surface area contributed by atoms with Crippen LogP contribution in [0.3, 0.4) is 0 Å². The number of nitrogens with zero attached hydrogens (tertiary/aromatic N) is 2. The topological polar surface area (TPSA) is 50.7 Å². The van der Waals surface area contributed by atoms with E-state index in [2.05, 4.69) is 41.3 Å². The lowest BCUT2D eigenvalue weighted by atomic mass is 10.1. The molecule has 0 fully saturated rings. The predicted octanol–water partition coefficient (Wildman–Crippen LogP) is 2.33. The Balaban J connectivity index is 2.26. The van der Waals surface area contributed by atoms with E-state index in [9.17, 15) is 0 Å². The standard InChI is InChI=1S/C13H19N3/c1-11-5-7-13(8-6-11)4-3-9-15-10-12(2)16-14/h5-8,10H,3-4,9,14H2,1-2H3/b15-10?,16-12-. The largest absolute Gasteiger partial charge is 0.323 e. The average molecular weight is 217 g/mol. The van der Waals surface area contributed by atoms with Crippen LogP contribution >= 0.6 is 0 Å². The first-order valence-corrected chi connectivity index (χ1v) is 5.52. The molecule has 0 amide bonds. The van der Waals surface area contributed by atoms with Crippen LogP contribution in [0.5, 0.6) is 0 Å². The van der Waals surface area contributed by atoms with Gasteiger partial charge in [-0.2, -0.15) is 5.10 Å². The van der Waals surface area contributed by atoms with Crippen molar-refractivity contribution >= 4 is 11.9 Å². The molecule has 86 valence electrons. The molecule has 0 aliphatic heterocycles. The summed E-state index contributed by atoms with van der Waals surface area (Å²) in [5, 5.41) is 3.52. The third-order valence-corrected chi connectivity index (χ3v) is 2.36. The van der Waals surface area contributed by atoms with E-state index in [0.717, 1.165) is 25.1 Å². The lowest BCUT2D eigenvalue weighted by Gasteiger charge is -1.99. The molecule has 1 aromatic carbocycles. The van der Waals surface area contributed by atoms with Gasteiger partial charge in [-0.15, -0.1) is 0 Å². The van der Waals surface area contributed by atoms with Gasteiger partial charge in [0.15, 0.2) is 0 Å². The van der Waals surface area contributed by atoms with Gasteiger partial charge in [0.25, 0.3) is 0 Å². The Morgan fingerprint density at radius 2 is 2.00 bits per heavy atom. The number of benzene rings is 1. The zero-order valence-electron chi connectivity index (χ0n) is 9.98. The van der Waals surface area contributed by atoms with E-state index in [1.165, 1.54) is 11.1 Å². The van der Waals surface area contributed by atoms with E-state index in [1.807, 2.05) is 6.92 Å². The van der Waals surface area contributed by atoms with Crippen LogP contribution in [-0.4, -0.2) is 18.5 Å². The molecule has 0 saturated heterocycles. The van der Waals surface area contributed by atoms with Gasteiger partial charge in [-0.05, 0) is 32.3 Å². The Kier molecular flexibility index (Phi) is 5.26. The van der Waals surface area contributed by atoms with Crippen LogP contribution in [0.15, 0.2) is 34.4 Å². The number of nitrogens with two attached hydrogens (primary N) is 1. The molecule has 3 nitrogen and oxygen atoms in total. The fourth-order valence-electron chi connectivity index (χ4n) is 1.36. The Morgan fingerprint density at radius 3 is 2.62 bits per heavy atom. The maximum atomic E-state index is 5.09. The van der Waals surface area contributed by atoms with Gasteiger partial charge in [0.05, 0.1) is 5.71 Å². The summed E-state index contributed by atoms with van der Waals surface area (Å²) in [6.07, 6.45) is 3.84. The number of hydrogen-bond acceptors (Lipinski definition) is 3. The first kappa shape index (κ1) is 12.4. The number of aryl methyl sites for hydroxylation is 2. The molecule has 0 spiro atoms. The van der Waals surface area contributed by atoms with Crippen LogP contribution in [0.25, 0.3) is 0 Å². The molecule has 0 aromatic heterocycles. The second-order valence-corrected chi connectivity index (χ2v) is 3.89. The number of hydrazone groups is 1. The quantitative estimate of drug-likeness (QED) is 0.350. The molecule has 0 atom stereocenters. The third kappa shape index (κ3) is 4.73. The molecule has 0 bridgehead atoms. The van der Waals surface area contributed by atoms with Gasteiger partial charge in [-0.1, -0.05) is 29.8 Å². The van der Waals surface area contributed by atoms with Gasteiger partial charge < -0.3 is 5.84 Å². The van der Waals surface area contributed by atoms with E-state index in [-0.39, 0.29) is 0 Å². The van der Waals surface area contributed by atoms with E-state index in [4.69, 9.17) is 5.84 Å². The highest BCUT2D eigenvalue weighted by atomic mass is 15.1. The van der Waals surface area contributed by atoms with E-state index in [1.54, 1.807) is 6.21 Å². The Morgan fingerprint density at radius 1 is 1.31 bits per heavy atom. The maximum absolute atomic E-state index is 5.09. The summed E-state index contributed by atoms with van der Waals surface area (Å²) in [6, 6.07) is 8.63. The number of rotatable bonds is 5. The summed E-state index contributed by atoms with van der Waals surface area (Å²) in [4.78, 5) is 4.24. The summed E-state index contributed by atoms with van der Waals surface area (Å²) in [6.45, 7) is 4.76. The van der Waals surface area contributed by atoms with E-state index >= 15 is 0 Å². The van der Waals surface area contributed by atoms with Gasteiger partial charge in [-0.25, -0.2) is 0 Å². The van der Waals surface area contributed by atoms with Crippen molar-refractivity contribution in [3.05, 3.63) is 35.4 Å². The Hall–Kier alpha value is -1.64. The molecule has 3 heteroatoms. The maximum Gasteiger partial charge on any atom is 0.0747 e. The molecule has 0 unspecified atom stereocenters. The van der Waals surface area contributed by atoms with Gasteiger partial charge in [0, 0.05) is 12.8 Å². The molecule has 2 N–H and O–H groups in total. The molecule has 0 radical (unpaired) electrons. The zero-order valence-corrected chi connectivity index (χ0v) is 9.98. The van der Waals surface area contributed by atoms with Crippen LogP contribution in [-0.2, 0) is 6.42 Å². The van der Waals surface area contributed by atoms with Crippen molar-refractivity contribution in [2.24, 2.45) is 15.9 Å². The molecule has 0 aliphatic carbocycles. The molecule has 0 saturated carbocycles. The van der Waals surface area contributed by atoms with E-state index in [0.29, 0.717) is 0 Å². The minimum Gasteiger partial charge on any atom is -0.323 e. The smallest absolute Gasteiger partial charge is 0.0747 e. The molecule has 0 heterocycles. The third-order valence-electron chi connectivity index (χ3n) is 2.36. The Bertz CT molecular complexity index is 363. The molecule has 1 aromatic rings. The Labute approximate surface area is 97.1 Å². The second kappa shape index (κ2) is 6.77. The second-order valence-electron chi connectivity index (χ2n) is 3.89. The van der Waals surface area contributed by atoms with Crippen molar-refractivity contribution < 1.29 is 0 Å². The summed E-state index contributed by atoms with van der Waals surface area (Å²) in [5.41, 5.74) is 3.43. The van der Waals surface area contributed by atoms with Gasteiger partial charge >= 0.3 is 0 Å². The van der Waals surface area contributed by atoms with Crippen LogP contribution < -0.4 is 5.84 Å². The van der Waals surface area contributed by atoms with Crippen molar-refractivity contribution in [1.82, 2.24) is 0 Å². The SMILES string of the molecule is C/C(C=NCCCc1ccc(C)cc1)=N/N. The summed E-state index contributed by atoms with van der Waals surface area (Å²) in [7, 11) is 0. The lowest BCUT2D eigenvalue weighted by molar-refractivity contribution is 0.836. The predicted molar refractivity (Wildman–Crippen MR) is 70.2 cm³/mol. The number of aliphatic imine (C=N–C) groups is 1. The van der Waals surface area contributed by atoms with Crippen LogP contribution in [0.1, 0.15) is 24.5 Å². The van der Waals surface area contributed by atoms with Crippen molar-refractivity contribution in [2.75, 3.05) is 6.54 Å². The van der Waals surface area contributed by atoms with Crippen LogP contribution in [0, 0.1) is 6.92 Å². The molecular weight excluding hydrogens is 198 g/mol. The van der Waals surface area contributed by atoms with Crippen molar-refractivity contribution in [3.63, 3.8) is 0 Å². The van der Waals surface area contributed by atoms with Crippen LogP contribution in [0.4, 0.5) is 0 Å². The van der Waals surface area contributed by atoms with Crippen molar-refractivity contribution in [2.45, 2.75) is 26.7 Å². The molecule has 0 aliphatic rings. The van der Waals surface area contributed by atoms with Crippen molar-refractivity contribution in [3.8, 4) is 0 Å². The fraction of sp³-hybridized carbons (Fsp3) is 0.385. The van der Waals surface area contributed by atoms with Gasteiger partial charge in [0.2, 0.25) is 0 Å². The lowest BCUT2D eigenvalue weighted by Crippen LogP contribution is -1.98. The first-order valence-electron chi connectivity index (χ1n) is 5.52. The minimum absolute atomic E-state index is 0.760. The average Bonchev–Trinajstić information content (AvgIpc) is 2.31. The number of hydrogen-bond donors (Lipinski definition) is 1.